The Labute approximate surface area is 63.6 Å². The number of aliphatic hydroxyl groups excluding tert-OH is 1. The third kappa shape index (κ3) is 1.48. The lowest BCUT2D eigenvalue weighted by Crippen LogP contribution is -2.38. The zero-order valence-corrected chi connectivity index (χ0v) is 5.91. The Morgan fingerprint density at radius 3 is 2.82 bits per heavy atom. The van der Waals surface area contributed by atoms with E-state index in [0.717, 1.165) is 0 Å². The normalized spacial score (nSPS) is 30.1. The van der Waals surface area contributed by atoms with Gasteiger partial charge >= 0.3 is 0 Å². The predicted octanol–water partition coefficient (Wildman–Crippen LogP) is -2.03. The van der Waals surface area contributed by atoms with Gasteiger partial charge in [-0.25, -0.2) is 0 Å². The van der Waals surface area contributed by atoms with E-state index in [4.69, 9.17) is 10.8 Å². The molecule has 0 aliphatic carbocycles. The number of hydrogen-bond acceptors (Lipinski definition) is 3. The van der Waals surface area contributed by atoms with E-state index in [0.29, 0.717) is 0 Å². The summed E-state index contributed by atoms with van der Waals surface area (Å²) in [5, 5.41) is 11.1. The summed E-state index contributed by atoms with van der Waals surface area (Å²) >= 11 is 0. The van der Waals surface area contributed by atoms with Gasteiger partial charge in [-0.2, -0.15) is 0 Å². The molecule has 0 saturated carbocycles. The highest BCUT2D eigenvalue weighted by atomic mass is 16.3. The molecule has 0 aromatic carbocycles. The molecule has 1 aliphatic heterocycles. The highest BCUT2D eigenvalue weighted by Crippen LogP contribution is 2.15. The van der Waals surface area contributed by atoms with E-state index in [2.05, 4.69) is 5.32 Å². The maximum Gasteiger partial charge on any atom is 0.223 e. The zero-order valence-electron chi connectivity index (χ0n) is 5.91. The number of carbonyl (C=O) groups excluding carboxylic acids is 2. The Balaban J connectivity index is 2.64. The highest BCUT2D eigenvalue weighted by Gasteiger charge is 2.35. The van der Waals surface area contributed by atoms with E-state index in [1.807, 2.05) is 0 Å². The summed E-state index contributed by atoms with van der Waals surface area (Å²) in [7, 11) is 0. The summed E-state index contributed by atoms with van der Waals surface area (Å²) in [4.78, 5) is 21.3. The SMILES string of the molecule is NC(=O)C1CC(=O)N[C@@H]1CO. The van der Waals surface area contributed by atoms with Gasteiger partial charge in [-0.05, 0) is 0 Å². The standard InChI is InChI=1S/C6H10N2O3/c7-6(11)3-1-5(10)8-4(3)2-9/h3-4,9H,1-2H2,(H2,7,11)(H,8,10)/t3?,4-/m1/s1. The molecule has 0 radical (unpaired) electrons. The van der Waals surface area contributed by atoms with Gasteiger partial charge in [0.15, 0.2) is 0 Å². The second kappa shape index (κ2) is 2.87. The van der Waals surface area contributed by atoms with Gasteiger partial charge in [0.2, 0.25) is 11.8 Å². The Kier molecular flexibility index (Phi) is 2.09. The van der Waals surface area contributed by atoms with Crippen LogP contribution in [-0.4, -0.2) is 29.6 Å². The first-order chi connectivity index (χ1) is 5.15. The van der Waals surface area contributed by atoms with Crippen molar-refractivity contribution < 1.29 is 14.7 Å². The summed E-state index contributed by atoms with van der Waals surface area (Å²) < 4.78 is 0. The monoisotopic (exact) mass is 158 g/mol. The molecule has 5 nitrogen and oxygen atoms in total. The molecule has 0 bridgehead atoms. The molecule has 62 valence electrons. The lowest BCUT2D eigenvalue weighted by molar-refractivity contribution is -0.124. The number of primary amides is 1. The van der Waals surface area contributed by atoms with Crippen molar-refractivity contribution in [1.29, 1.82) is 0 Å². The first kappa shape index (κ1) is 8.00. The fourth-order valence-electron chi connectivity index (χ4n) is 1.18. The minimum absolute atomic E-state index is 0.0978. The van der Waals surface area contributed by atoms with Crippen LogP contribution in [0.5, 0.6) is 0 Å². The Hall–Kier alpha value is -1.10. The molecule has 2 amide bonds. The predicted molar refractivity (Wildman–Crippen MR) is 36.3 cm³/mol. The molecule has 1 heterocycles. The Morgan fingerprint density at radius 2 is 2.45 bits per heavy atom. The second-order valence-corrected chi connectivity index (χ2v) is 2.57. The molecular weight excluding hydrogens is 148 g/mol. The van der Waals surface area contributed by atoms with E-state index in [-0.39, 0.29) is 18.9 Å². The number of aliphatic hydroxyl groups is 1. The summed E-state index contributed by atoms with van der Waals surface area (Å²) in [6.07, 6.45) is 0.0978. The number of rotatable bonds is 2. The van der Waals surface area contributed by atoms with Crippen molar-refractivity contribution in [3.05, 3.63) is 0 Å². The first-order valence-electron chi connectivity index (χ1n) is 3.34. The van der Waals surface area contributed by atoms with Crippen LogP contribution in [0.4, 0.5) is 0 Å². The summed E-state index contributed by atoms with van der Waals surface area (Å²) in [5.41, 5.74) is 4.98. The molecule has 2 atom stereocenters. The first-order valence-corrected chi connectivity index (χ1v) is 3.34. The molecule has 1 saturated heterocycles. The van der Waals surface area contributed by atoms with Crippen LogP contribution in [0.25, 0.3) is 0 Å². The summed E-state index contributed by atoms with van der Waals surface area (Å²) in [6.45, 7) is -0.237. The molecule has 5 heteroatoms. The van der Waals surface area contributed by atoms with Crippen molar-refractivity contribution in [3.63, 3.8) is 0 Å². The molecule has 0 aromatic rings. The van der Waals surface area contributed by atoms with Crippen molar-refractivity contribution in [2.75, 3.05) is 6.61 Å². The summed E-state index contributed by atoms with van der Waals surface area (Å²) in [6, 6.07) is -0.486. The molecule has 4 N–H and O–H groups in total. The number of nitrogens with two attached hydrogens (primary N) is 1. The smallest absolute Gasteiger partial charge is 0.223 e. The van der Waals surface area contributed by atoms with Crippen LogP contribution in [0.3, 0.4) is 0 Å². The molecule has 0 aromatic heterocycles. The average molecular weight is 158 g/mol. The minimum atomic E-state index is -0.549. The molecule has 1 unspecified atom stereocenters. The fourth-order valence-corrected chi connectivity index (χ4v) is 1.18. The van der Waals surface area contributed by atoms with Gasteiger partial charge in [-0.15, -0.1) is 0 Å². The van der Waals surface area contributed by atoms with Gasteiger partial charge in [0.1, 0.15) is 0 Å². The maximum absolute atomic E-state index is 10.7. The van der Waals surface area contributed by atoms with E-state index in [1.54, 1.807) is 0 Å². The quantitative estimate of drug-likeness (QED) is 0.432. The van der Waals surface area contributed by atoms with Crippen molar-refractivity contribution in [3.8, 4) is 0 Å². The largest absolute Gasteiger partial charge is 0.394 e. The second-order valence-electron chi connectivity index (χ2n) is 2.57. The van der Waals surface area contributed by atoms with Gasteiger partial charge in [0, 0.05) is 6.42 Å². The van der Waals surface area contributed by atoms with E-state index < -0.39 is 17.9 Å². The van der Waals surface area contributed by atoms with Gasteiger partial charge in [-0.3, -0.25) is 9.59 Å². The minimum Gasteiger partial charge on any atom is -0.394 e. The average Bonchev–Trinajstić information content (AvgIpc) is 2.30. The van der Waals surface area contributed by atoms with Crippen LogP contribution >= 0.6 is 0 Å². The number of nitrogens with one attached hydrogen (secondary N) is 1. The lowest BCUT2D eigenvalue weighted by Gasteiger charge is -2.11. The van der Waals surface area contributed by atoms with Crippen LogP contribution in [0.15, 0.2) is 0 Å². The van der Waals surface area contributed by atoms with Crippen LogP contribution < -0.4 is 11.1 Å². The van der Waals surface area contributed by atoms with Crippen molar-refractivity contribution in [2.45, 2.75) is 12.5 Å². The molecule has 11 heavy (non-hydrogen) atoms. The zero-order chi connectivity index (χ0) is 8.43. The molecule has 0 spiro atoms. The van der Waals surface area contributed by atoms with Crippen LogP contribution in [-0.2, 0) is 9.59 Å². The topological polar surface area (TPSA) is 92.4 Å². The van der Waals surface area contributed by atoms with Crippen molar-refractivity contribution in [2.24, 2.45) is 11.7 Å². The van der Waals surface area contributed by atoms with Crippen molar-refractivity contribution in [1.82, 2.24) is 5.32 Å². The van der Waals surface area contributed by atoms with Gasteiger partial charge in [0.05, 0.1) is 18.6 Å². The number of amides is 2. The molecule has 1 fully saturated rings. The van der Waals surface area contributed by atoms with Gasteiger partial charge in [-0.1, -0.05) is 0 Å². The maximum atomic E-state index is 10.7. The highest BCUT2D eigenvalue weighted by molar-refractivity contribution is 5.89. The third-order valence-electron chi connectivity index (χ3n) is 1.80. The van der Waals surface area contributed by atoms with E-state index in [9.17, 15) is 9.59 Å². The Bertz CT molecular complexity index is 192. The Morgan fingerprint density at radius 1 is 1.82 bits per heavy atom. The van der Waals surface area contributed by atoms with Gasteiger partial charge < -0.3 is 16.2 Å². The third-order valence-corrected chi connectivity index (χ3v) is 1.80. The van der Waals surface area contributed by atoms with Crippen LogP contribution in [0.1, 0.15) is 6.42 Å². The van der Waals surface area contributed by atoms with Gasteiger partial charge in [0.25, 0.3) is 0 Å². The fraction of sp³-hybridized carbons (Fsp3) is 0.667. The number of hydrogen-bond donors (Lipinski definition) is 3. The van der Waals surface area contributed by atoms with Crippen LogP contribution in [0.2, 0.25) is 0 Å². The molecule has 1 rings (SSSR count). The molecular formula is C6H10N2O3. The lowest BCUT2D eigenvalue weighted by atomic mass is 10.0. The van der Waals surface area contributed by atoms with Crippen LogP contribution in [0, 0.1) is 5.92 Å². The van der Waals surface area contributed by atoms with E-state index in [1.165, 1.54) is 0 Å². The number of carbonyl (C=O) groups is 2. The van der Waals surface area contributed by atoms with E-state index >= 15 is 0 Å². The summed E-state index contributed by atoms with van der Waals surface area (Å²) in [5.74, 6) is -1.32. The van der Waals surface area contributed by atoms with Crippen molar-refractivity contribution >= 4 is 11.8 Å². The molecule has 1 aliphatic rings.